The van der Waals surface area contributed by atoms with Gasteiger partial charge in [-0.25, -0.2) is 0 Å². The van der Waals surface area contributed by atoms with E-state index in [1.165, 1.54) is 31.3 Å². The van der Waals surface area contributed by atoms with Crippen LogP contribution in [0.1, 0.15) is 70.8 Å². The molecule has 2 aliphatic rings. The molecule has 0 N–H and O–H groups in total. The fraction of sp³-hybridized carbons (Fsp3) is 0.591. The molecule has 4 nitrogen and oxygen atoms in total. The molecule has 1 heterocycles. The smallest absolute Gasteiger partial charge is 0.284 e. The summed E-state index contributed by atoms with van der Waals surface area (Å²) < 4.78 is 30.4. The summed E-state index contributed by atoms with van der Waals surface area (Å²) in [5, 5.41) is 0. The predicted octanol–water partition coefficient (Wildman–Crippen LogP) is 5.24. The average Bonchev–Trinajstić information content (AvgIpc) is 2.62. The van der Waals surface area contributed by atoms with Crippen molar-refractivity contribution < 1.29 is 8.42 Å². The maximum absolute atomic E-state index is 13.0. The van der Waals surface area contributed by atoms with Crippen molar-refractivity contribution in [2.75, 3.05) is 0 Å². The number of hydrogen-bond acceptors (Lipinski definition) is 2. The van der Waals surface area contributed by atoms with E-state index in [1.807, 2.05) is 19.1 Å². The minimum absolute atomic E-state index is 0.268. The summed E-state index contributed by atoms with van der Waals surface area (Å²) in [6.45, 7) is 6.32. The van der Waals surface area contributed by atoms with Gasteiger partial charge in [0.05, 0.1) is 4.90 Å². The van der Waals surface area contributed by atoms with E-state index in [4.69, 9.17) is 0 Å². The van der Waals surface area contributed by atoms with E-state index in [-0.39, 0.29) is 4.90 Å². The summed E-state index contributed by atoms with van der Waals surface area (Å²) in [6.07, 6.45) is 11.2. The number of piperidine rings is 1. The van der Waals surface area contributed by atoms with E-state index >= 15 is 0 Å². The number of hydrogen-bond donors (Lipinski definition) is 0. The Labute approximate surface area is 164 Å². The zero-order valence-electron chi connectivity index (χ0n) is 16.8. The van der Waals surface area contributed by atoms with Crippen LogP contribution in [-0.4, -0.2) is 31.2 Å². The van der Waals surface area contributed by atoms with Crippen LogP contribution in [-0.2, 0) is 10.0 Å². The van der Waals surface area contributed by atoms with E-state index in [2.05, 4.69) is 29.2 Å². The van der Waals surface area contributed by atoms with Gasteiger partial charge in [-0.1, -0.05) is 29.7 Å². The van der Waals surface area contributed by atoms with Crippen LogP contribution in [0.2, 0.25) is 0 Å². The topological polar surface area (TPSA) is 49.7 Å². The number of aryl methyl sites for hydroxylation is 1. The summed E-state index contributed by atoms with van der Waals surface area (Å²) in [4.78, 5) is 2.50. The molecular formula is C22H32N2O2S. The average molecular weight is 389 g/mol. The van der Waals surface area contributed by atoms with Crippen LogP contribution < -0.4 is 0 Å². The van der Waals surface area contributed by atoms with Gasteiger partial charge in [-0.15, -0.1) is 4.40 Å². The normalized spacial score (nSPS) is 24.8. The number of likely N-dealkylation sites (tertiary alicyclic amines) is 1. The Morgan fingerprint density at radius 1 is 1.00 bits per heavy atom. The second kappa shape index (κ2) is 8.59. The zero-order chi connectivity index (χ0) is 19.4. The molecule has 0 aromatic heterocycles. The van der Waals surface area contributed by atoms with E-state index < -0.39 is 10.0 Å². The van der Waals surface area contributed by atoms with Gasteiger partial charge >= 0.3 is 0 Å². The van der Waals surface area contributed by atoms with Crippen LogP contribution in [0.5, 0.6) is 0 Å². The van der Waals surface area contributed by atoms with Crippen LogP contribution in [0.3, 0.4) is 0 Å². The molecule has 148 valence electrons. The molecule has 0 amide bonds. The number of amidine groups is 1. The lowest BCUT2D eigenvalue weighted by molar-refractivity contribution is 0.193. The summed E-state index contributed by atoms with van der Waals surface area (Å²) in [5.41, 5.74) is 2.38. The molecule has 0 spiro atoms. The van der Waals surface area contributed by atoms with E-state index in [0.717, 1.165) is 31.2 Å². The van der Waals surface area contributed by atoms with Crippen LogP contribution in [0.25, 0.3) is 0 Å². The lowest BCUT2D eigenvalue weighted by atomic mass is 9.93. The number of rotatable bonds is 3. The largest absolute Gasteiger partial charge is 0.351 e. The van der Waals surface area contributed by atoms with Crippen molar-refractivity contribution in [3.05, 3.63) is 41.5 Å². The molecular weight excluding hydrogens is 356 g/mol. The monoisotopic (exact) mass is 388 g/mol. The van der Waals surface area contributed by atoms with Crippen LogP contribution in [0.15, 0.2) is 45.2 Å². The molecule has 1 aliphatic heterocycles. The standard InChI is InChI=1S/C22H32N2O2S/c1-17-12-14-21(15-13-17)27(25,26)23-22(16-20-10-5-4-6-11-20)24-18(2)8-7-9-19(24)3/h12-16,18-19H,4-11H2,1-3H3/t18-,19+. The van der Waals surface area contributed by atoms with Crippen molar-refractivity contribution in [1.29, 1.82) is 0 Å². The Bertz CT molecular complexity index is 791. The highest BCUT2D eigenvalue weighted by molar-refractivity contribution is 7.90. The molecule has 2 fully saturated rings. The van der Waals surface area contributed by atoms with E-state index in [1.54, 1.807) is 12.1 Å². The molecule has 0 unspecified atom stereocenters. The molecule has 1 aromatic carbocycles. The van der Waals surface area contributed by atoms with Gasteiger partial charge in [-0.2, -0.15) is 8.42 Å². The van der Waals surface area contributed by atoms with Crippen LogP contribution in [0, 0.1) is 6.92 Å². The van der Waals surface area contributed by atoms with E-state index in [0.29, 0.717) is 17.9 Å². The highest BCUT2D eigenvalue weighted by Gasteiger charge is 2.28. The lowest BCUT2D eigenvalue weighted by Gasteiger charge is -2.40. The van der Waals surface area contributed by atoms with Gasteiger partial charge in [0.15, 0.2) is 0 Å². The fourth-order valence-corrected chi connectivity index (χ4v) is 5.22. The molecule has 0 radical (unpaired) electrons. The van der Waals surface area contributed by atoms with Gasteiger partial charge in [0.2, 0.25) is 0 Å². The highest BCUT2D eigenvalue weighted by atomic mass is 32.2. The third-order valence-electron chi connectivity index (χ3n) is 5.82. The van der Waals surface area contributed by atoms with Crippen molar-refractivity contribution >= 4 is 15.9 Å². The van der Waals surface area contributed by atoms with Crippen molar-refractivity contribution in [2.24, 2.45) is 4.40 Å². The Hall–Kier alpha value is -1.62. The Balaban J connectivity index is 2.02. The number of sulfonamides is 1. The molecule has 5 heteroatoms. The van der Waals surface area contributed by atoms with E-state index in [9.17, 15) is 8.42 Å². The van der Waals surface area contributed by atoms with Gasteiger partial charge in [0.1, 0.15) is 5.84 Å². The highest BCUT2D eigenvalue weighted by Crippen LogP contribution is 2.28. The van der Waals surface area contributed by atoms with Gasteiger partial charge < -0.3 is 4.90 Å². The minimum Gasteiger partial charge on any atom is -0.351 e. The Morgan fingerprint density at radius 3 is 2.19 bits per heavy atom. The van der Waals surface area contributed by atoms with Crippen molar-refractivity contribution in [3.63, 3.8) is 0 Å². The third-order valence-corrected chi connectivity index (χ3v) is 7.11. The second-order valence-electron chi connectivity index (χ2n) is 8.14. The SMILES string of the molecule is Cc1ccc(S(=O)(=O)N=C(C=C2CCCCC2)N2[C@H](C)CCC[C@@H]2C)cc1. The fourth-order valence-electron chi connectivity index (χ4n) is 4.24. The molecule has 1 saturated carbocycles. The molecule has 3 rings (SSSR count). The summed E-state index contributed by atoms with van der Waals surface area (Å²) in [7, 11) is -3.72. The number of allylic oxidation sites excluding steroid dienone is 1. The van der Waals surface area contributed by atoms with Crippen LogP contribution >= 0.6 is 0 Å². The maximum atomic E-state index is 13.0. The Morgan fingerprint density at radius 2 is 1.59 bits per heavy atom. The predicted molar refractivity (Wildman–Crippen MR) is 112 cm³/mol. The number of nitrogens with zero attached hydrogens (tertiary/aromatic N) is 2. The zero-order valence-corrected chi connectivity index (χ0v) is 17.6. The molecule has 1 saturated heterocycles. The van der Waals surface area contributed by atoms with Gasteiger partial charge in [-0.3, -0.25) is 0 Å². The van der Waals surface area contributed by atoms with Gasteiger partial charge in [-0.05, 0) is 83.9 Å². The lowest BCUT2D eigenvalue weighted by Crippen LogP contribution is -2.47. The van der Waals surface area contributed by atoms with Crippen molar-refractivity contribution in [3.8, 4) is 0 Å². The number of benzene rings is 1. The summed E-state index contributed by atoms with van der Waals surface area (Å²) in [5.74, 6) is 0.632. The third kappa shape index (κ3) is 5.01. The Kier molecular flexibility index (Phi) is 6.40. The second-order valence-corrected chi connectivity index (χ2v) is 9.74. The molecule has 27 heavy (non-hydrogen) atoms. The van der Waals surface area contributed by atoms with Crippen molar-refractivity contribution in [2.45, 2.75) is 89.1 Å². The summed E-state index contributed by atoms with van der Waals surface area (Å²) >= 11 is 0. The van der Waals surface area contributed by atoms with Crippen LogP contribution in [0.4, 0.5) is 0 Å². The van der Waals surface area contributed by atoms with Gasteiger partial charge in [0, 0.05) is 12.1 Å². The minimum atomic E-state index is -3.72. The first-order chi connectivity index (χ1) is 12.9. The van der Waals surface area contributed by atoms with Gasteiger partial charge in [0.25, 0.3) is 10.0 Å². The maximum Gasteiger partial charge on any atom is 0.284 e. The first kappa shape index (κ1) is 20.1. The first-order valence-electron chi connectivity index (χ1n) is 10.3. The first-order valence-corrected chi connectivity index (χ1v) is 11.7. The molecule has 1 aliphatic carbocycles. The molecule has 0 bridgehead atoms. The molecule has 2 atom stereocenters. The quantitative estimate of drug-likeness (QED) is 0.526. The molecule has 1 aromatic rings. The summed E-state index contributed by atoms with van der Waals surface area (Å²) in [6, 6.07) is 7.58. The van der Waals surface area contributed by atoms with Crippen molar-refractivity contribution in [1.82, 2.24) is 4.90 Å².